The van der Waals surface area contributed by atoms with Crippen LogP contribution in [0.1, 0.15) is 25.5 Å². The number of rotatable bonds is 5. The highest BCUT2D eigenvalue weighted by atomic mass is 32.2. The van der Waals surface area contributed by atoms with Crippen LogP contribution in [0.25, 0.3) is 0 Å². The topological polar surface area (TPSA) is 80.6 Å². The van der Waals surface area contributed by atoms with Crippen molar-refractivity contribution in [3.05, 3.63) is 17.9 Å². The Morgan fingerprint density at radius 3 is 2.89 bits per heavy atom. The van der Waals surface area contributed by atoms with Gasteiger partial charge >= 0.3 is 0 Å². The van der Waals surface area contributed by atoms with Crippen molar-refractivity contribution in [3.63, 3.8) is 0 Å². The Hall–Kier alpha value is -0.890. The van der Waals surface area contributed by atoms with Crippen molar-refractivity contribution < 1.29 is 17.6 Å². The van der Waals surface area contributed by atoms with Gasteiger partial charge in [-0.05, 0) is 38.9 Å². The first-order chi connectivity index (χ1) is 9.01. The first-order valence-corrected chi connectivity index (χ1v) is 7.87. The van der Waals surface area contributed by atoms with Gasteiger partial charge in [-0.1, -0.05) is 0 Å². The quantitative estimate of drug-likeness (QED) is 0.839. The molecule has 1 aliphatic heterocycles. The van der Waals surface area contributed by atoms with Crippen molar-refractivity contribution >= 4 is 10.0 Å². The molecule has 0 bridgehead atoms. The van der Waals surface area contributed by atoms with Crippen LogP contribution in [0, 0.1) is 0 Å². The minimum Gasteiger partial charge on any atom is -0.447 e. The monoisotopic (exact) mass is 288 g/mol. The molecule has 0 amide bonds. The van der Waals surface area contributed by atoms with E-state index in [-0.39, 0.29) is 17.2 Å². The Bertz CT molecular complexity index is 512. The fourth-order valence-electron chi connectivity index (χ4n) is 2.15. The number of hydrogen-bond donors (Lipinski definition) is 2. The zero-order valence-corrected chi connectivity index (χ0v) is 12.0. The van der Waals surface area contributed by atoms with Crippen LogP contribution in [0.15, 0.2) is 21.6 Å². The van der Waals surface area contributed by atoms with Crippen LogP contribution in [0.3, 0.4) is 0 Å². The van der Waals surface area contributed by atoms with Crippen LogP contribution in [0.4, 0.5) is 0 Å². The first-order valence-electron chi connectivity index (χ1n) is 6.38. The lowest BCUT2D eigenvalue weighted by Crippen LogP contribution is -2.41. The summed E-state index contributed by atoms with van der Waals surface area (Å²) in [5, 5.41) is 2.88. The van der Waals surface area contributed by atoms with E-state index < -0.39 is 10.0 Å². The van der Waals surface area contributed by atoms with Gasteiger partial charge in [-0.25, -0.2) is 13.1 Å². The van der Waals surface area contributed by atoms with E-state index in [4.69, 9.17) is 9.15 Å². The predicted octanol–water partition coefficient (Wildman–Crippen LogP) is 0.845. The fourth-order valence-corrected chi connectivity index (χ4v) is 3.39. The van der Waals surface area contributed by atoms with E-state index >= 15 is 0 Å². The average molecular weight is 288 g/mol. The third kappa shape index (κ3) is 3.79. The van der Waals surface area contributed by atoms with Crippen LogP contribution >= 0.6 is 0 Å². The van der Waals surface area contributed by atoms with Crippen molar-refractivity contribution in [2.45, 2.75) is 43.5 Å². The van der Waals surface area contributed by atoms with Gasteiger partial charge in [-0.15, -0.1) is 0 Å². The van der Waals surface area contributed by atoms with Crippen LogP contribution in [-0.2, 0) is 21.3 Å². The van der Waals surface area contributed by atoms with Gasteiger partial charge in [-0.3, -0.25) is 0 Å². The Labute approximate surface area is 113 Å². The van der Waals surface area contributed by atoms with Gasteiger partial charge in [0.05, 0.1) is 12.6 Å². The normalized spacial score (nSPS) is 24.5. The SMILES string of the molecule is CNCc1ccc(S(=O)(=O)NC2CCOC(C)C2)o1. The molecule has 19 heavy (non-hydrogen) atoms. The molecule has 0 spiro atoms. The smallest absolute Gasteiger partial charge is 0.274 e. The minimum atomic E-state index is -3.58. The van der Waals surface area contributed by atoms with E-state index in [2.05, 4.69) is 10.0 Å². The summed E-state index contributed by atoms with van der Waals surface area (Å²) in [5.74, 6) is 0.600. The van der Waals surface area contributed by atoms with Crippen molar-refractivity contribution in [1.29, 1.82) is 0 Å². The molecule has 0 aromatic carbocycles. The molecule has 2 rings (SSSR count). The molecule has 2 heterocycles. The van der Waals surface area contributed by atoms with Gasteiger partial charge < -0.3 is 14.5 Å². The molecule has 1 aromatic heterocycles. The standard InChI is InChI=1S/C12H20N2O4S/c1-9-7-10(5-6-17-9)14-19(15,16)12-4-3-11(18-12)8-13-2/h3-4,9-10,13-14H,5-8H2,1-2H3. The van der Waals surface area contributed by atoms with Crippen molar-refractivity contribution in [2.75, 3.05) is 13.7 Å². The molecule has 6 nitrogen and oxygen atoms in total. The van der Waals surface area contributed by atoms with Gasteiger partial charge in [0, 0.05) is 12.6 Å². The summed E-state index contributed by atoms with van der Waals surface area (Å²) in [4.78, 5) is 0. The lowest BCUT2D eigenvalue weighted by atomic mass is 10.1. The van der Waals surface area contributed by atoms with Gasteiger partial charge in [0.15, 0.2) is 0 Å². The zero-order chi connectivity index (χ0) is 13.9. The molecule has 0 radical (unpaired) electrons. The molecule has 0 aliphatic carbocycles. The summed E-state index contributed by atoms with van der Waals surface area (Å²) in [7, 11) is -1.80. The van der Waals surface area contributed by atoms with E-state index in [0.29, 0.717) is 31.8 Å². The van der Waals surface area contributed by atoms with Gasteiger partial charge in [-0.2, -0.15) is 0 Å². The Morgan fingerprint density at radius 2 is 2.21 bits per heavy atom. The van der Waals surface area contributed by atoms with E-state index in [9.17, 15) is 8.42 Å². The van der Waals surface area contributed by atoms with E-state index in [1.165, 1.54) is 6.07 Å². The molecule has 1 aliphatic rings. The Kier molecular flexibility index (Phi) is 4.62. The second-order valence-electron chi connectivity index (χ2n) is 4.78. The molecule has 108 valence electrons. The third-order valence-corrected chi connectivity index (χ3v) is 4.45. The van der Waals surface area contributed by atoms with Gasteiger partial charge in [0.1, 0.15) is 5.76 Å². The van der Waals surface area contributed by atoms with Gasteiger partial charge in [0.25, 0.3) is 10.0 Å². The second-order valence-corrected chi connectivity index (χ2v) is 6.42. The van der Waals surface area contributed by atoms with Crippen molar-refractivity contribution in [2.24, 2.45) is 0 Å². The molecular formula is C12H20N2O4S. The fraction of sp³-hybridized carbons (Fsp3) is 0.667. The Balaban J connectivity index is 2.04. The molecule has 2 atom stereocenters. The van der Waals surface area contributed by atoms with Crippen molar-refractivity contribution in [1.82, 2.24) is 10.0 Å². The summed E-state index contributed by atoms with van der Waals surface area (Å²) in [5.41, 5.74) is 0. The number of furan rings is 1. The molecule has 7 heteroatoms. The van der Waals surface area contributed by atoms with Gasteiger partial charge in [0.2, 0.25) is 5.09 Å². The average Bonchev–Trinajstić information content (AvgIpc) is 2.78. The number of nitrogens with one attached hydrogen (secondary N) is 2. The maximum atomic E-state index is 12.2. The lowest BCUT2D eigenvalue weighted by Gasteiger charge is -2.27. The molecule has 1 saturated heterocycles. The van der Waals surface area contributed by atoms with Crippen LogP contribution in [0.5, 0.6) is 0 Å². The Morgan fingerprint density at radius 1 is 1.42 bits per heavy atom. The summed E-state index contributed by atoms with van der Waals surface area (Å²) in [6, 6.07) is 3.06. The maximum Gasteiger partial charge on any atom is 0.274 e. The zero-order valence-electron chi connectivity index (χ0n) is 11.2. The maximum absolute atomic E-state index is 12.2. The number of hydrogen-bond acceptors (Lipinski definition) is 5. The summed E-state index contributed by atoms with van der Waals surface area (Å²) < 4.78 is 37.7. The first kappa shape index (κ1) is 14.5. The molecule has 2 unspecified atom stereocenters. The van der Waals surface area contributed by atoms with E-state index in [0.717, 1.165) is 0 Å². The summed E-state index contributed by atoms with van der Waals surface area (Å²) in [6.45, 7) is 3.03. The molecule has 1 aromatic rings. The predicted molar refractivity (Wildman–Crippen MR) is 70.2 cm³/mol. The second kappa shape index (κ2) is 6.04. The molecule has 2 N–H and O–H groups in total. The minimum absolute atomic E-state index is 0.0307. The summed E-state index contributed by atoms with van der Waals surface area (Å²) >= 11 is 0. The van der Waals surface area contributed by atoms with Crippen molar-refractivity contribution in [3.8, 4) is 0 Å². The number of ether oxygens (including phenoxy) is 1. The number of sulfonamides is 1. The van der Waals surface area contributed by atoms with Crippen LogP contribution in [-0.4, -0.2) is 34.2 Å². The lowest BCUT2D eigenvalue weighted by molar-refractivity contribution is 0.0172. The van der Waals surface area contributed by atoms with E-state index in [1.807, 2.05) is 6.92 Å². The van der Waals surface area contributed by atoms with Crippen LogP contribution < -0.4 is 10.0 Å². The van der Waals surface area contributed by atoms with E-state index in [1.54, 1.807) is 13.1 Å². The highest BCUT2D eigenvalue weighted by Gasteiger charge is 2.26. The molecular weight excluding hydrogens is 268 g/mol. The summed E-state index contributed by atoms with van der Waals surface area (Å²) in [6.07, 6.45) is 1.45. The molecule has 0 saturated carbocycles. The third-order valence-electron chi connectivity index (χ3n) is 3.06. The molecule has 1 fully saturated rings. The highest BCUT2D eigenvalue weighted by Crippen LogP contribution is 2.18. The van der Waals surface area contributed by atoms with Crippen LogP contribution in [0.2, 0.25) is 0 Å². The largest absolute Gasteiger partial charge is 0.447 e. The highest BCUT2D eigenvalue weighted by molar-refractivity contribution is 7.89.